The molecule has 0 fully saturated rings. The molecule has 0 bridgehead atoms. The van der Waals surface area contributed by atoms with Gasteiger partial charge in [0.1, 0.15) is 0 Å². The standard InChI is InChI=1S/C17H18N2O3S/c1-11(2)22-16(21)10-23-17-14(9-18)13(8-15(20)19-17)12-6-4-3-5-7-12/h3-7,11,13H,8,10H2,1-2H3,(H,19,20)/t13-/m1/s1. The van der Waals surface area contributed by atoms with Crippen molar-refractivity contribution in [2.24, 2.45) is 0 Å². The van der Waals surface area contributed by atoms with E-state index in [0.29, 0.717) is 10.6 Å². The molecule has 0 aliphatic carbocycles. The second-order valence-electron chi connectivity index (χ2n) is 5.40. The number of carbonyl (C=O) groups excluding carboxylic acids is 2. The van der Waals surface area contributed by atoms with E-state index in [2.05, 4.69) is 11.4 Å². The molecule has 23 heavy (non-hydrogen) atoms. The number of ether oxygens (including phenoxy) is 1. The lowest BCUT2D eigenvalue weighted by Gasteiger charge is -2.25. The minimum Gasteiger partial charge on any atom is -0.462 e. The summed E-state index contributed by atoms with van der Waals surface area (Å²) in [6, 6.07) is 11.6. The SMILES string of the molecule is CC(C)OC(=O)CSC1=C(C#N)[C@@H](c2ccccc2)CC(=O)N1. The van der Waals surface area contributed by atoms with Gasteiger partial charge in [0.25, 0.3) is 0 Å². The fraction of sp³-hybridized carbons (Fsp3) is 0.353. The molecule has 0 unspecified atom stereocenters. The number of esters is 1. The van der Waals surface area contributed by atoms with E-state index in [0.717, 1.165) is 17.3 Å². The molecule has 1 amide bonds. The zero-order valence-electron chi connectivity index (χ0n) is 13.0. The molecule has 120 valence electrons. The van der Waals surface area contributed by atoms with Crippen LogP contribution in [0.3, 0.4) is 0 Å². The van der Waals surface area contributed by atoms with Gasteiger partial charge in [-0.3, -0.25) is 9.59 Å². The molecule has 6 heteroatoms. The number of hydrogen-bond donors (Lipinski definition) is 1. The first kappa shape index (κ1) is 17.1. The molecule has 1 heterocycles. The van der Waals surface area contributed by atoms with Crippen LogP contribution in [0.1, 0.15) is 31.7 Å². The Bertz CT molecular complexity index is 662. The molecule has 5 nitrogen and oxygen atoms in total. The van der Waals surface area contributed by atoms with Crippen LogP contribution in [-0.4, -0.2) is 23.7 Å². The summed E-state index contributed by atoms with van der Waals surface area (Å²) in [5, 5.41) is 12.6. The van der Waals surface area contributed by atoms with Crippen LogP contribution in [0.15, 0.2) is 40.9 Å². The van der Waals surface area contributed by atoms with E-state index < -0.39 is 0 Å². The van der Waals surface area contributed by atoms with Gasteiger partial charge in [-0.05, 0) is 19.4 Å². The fourth-order valence-electron chi connectivity index (χ4n) is 2.33. The Morgan fingerprint density at radius 2 is 2.13 bits per heavy atom. The number of rotatable bonds is 5. The maximum atomic E-state index is 12.0. The molecule has 2 rings (SSSR count). The van der Waals surface area contributed by atoms with Crippen LogP contribution in [0, 0.1) is 11.3 Å². The van der Waals surface area contributed by atoms with Crippen LogP contribution in [0.2, 0.25) is 0 Å². The average molecular weight is 330 g/mol. The molecular weight excluding hydrogens is 312 g/mol. The van der Waals surface area contributed by atoms with Gasteiger partial charge in [-0.1, -0.05) is 42.1 Å². The zero-order valence-corrected chi connectivity index (χ0v) is 13.9. The van der Waals surface area contributed by atoms with Crippen molar-refractivity contribution in [2.75, 3.05) is 5.75 Å². The van der Waals surface area contributed by atoms with Crippen molar-refractivity contribution in [3.63, 3.8) is 0 Å². The second kappa shape index (κ2) is 7.84. The smallest absolute Gasteiger partial charge is 0.316 e. The third-order valence-corrected chi connectivity index (χ3v) is 4.25. The van der Waals surface area contributed by atoms with Crippen molar-refractivity contribution in [2.45, 2.75) is 32.3 Å². The van der Waals surface area contributed by atoms with Crippen LogP contribution < -0.4 is 5.32 Å². The lowest BCUT2D eigenvalue weighted by Crippen LogP contribution is -2.31. The summed E-state index contributed by atoms with van der Waals surface area (Å²) in [4.78, 5) is 23.6. The topological polar surface area (TPSA) is 79.2 Å². The van der Waals surface area contributed by atoms with E-state index in [9.17, 15) is 14.9 Å². The first-order valence-electron chi connectivity index (χ1n) is 7.32. The first-order valence-corrected chi connectivity index (χ1v) is 8.31. The van der Waals surface area contributed by atoms with Gasteiger partial charge in [0.05, 0.1) is 28.5 Å². The number of benzene rings is 1. The first-order chi connectivity index (χ1) is 11.0. The number of thioether (sulfide) groups is 1. The Morgan fingerprint density at radius 1 is 1.43 bits per heavy atom. The molecule has 1 N–H and O–H groups in total. The Morgan fingerprint density at radius 3 is 2.74 bits per heavy atom. The van der Waals surface area contributed by atoms with E-state index >= 15 is 0 Å². The van der Waals surface area contributed by atoms with Gasteiger partial charge in [0.15, 0.2) is 0 Å². The van der Waals surface area contributed by atoms with Crippen LogP contribution >= 0.6 is 11.8 Å². The molecule has 1 aliphatic rings. The van der Waals surface area contributed by atoms with Crippen LogP contribution in [0.4, 0.5) is 0 Å². The molecule has 0 spiro atoms. The Labute approximate surface area is 139 Å². The summed E-state index contributed by atoms with van der Waals surface area (Å²) >= 11 is 1.13. The summed E-state index contributed by atoms with van der Waals surface area (Å²) in [6.07, 6.45) is 0.0402. The fourth-order valence-corrected chi connectivity index (χ4v) is 3.19. The normalized spacial score (nSPS) is 17.7. The second-order valence-corrected chi connectivity index (χ2v) is 6.38. The Hall–Kier alpha value is -2.26. The van der Waals surface area contributed by atoms with E-state index in [4.69, 9.17) is 4.74 Å². The van der Waals surface area contributed by atoms with Gasteiger partial charge in [0.2, 0.25) is 5.91 Å². The van der Waals surface area contributed by atoms with Gasteiger partial charge >= 0.3 is 5.97 Å². The third kappa shape index (κ3) is 4.60. The van der Waals surface area contributed by atoms with Gasteiger partial charge in [-0.25, -0.2) is 0 Å². The molecule has 0 saturated heterocycles. The molecule has 0 saturated carbocycles. The highest BCUT2D eigenvalue weighted by Gasteiger charge is 2.29. The molecule has 0 radical (unpaired) electrons. The molecule has 0 aromatic heterocycles. The Kier molecular flexibility index (Phi) is 5.83. The number of hydrogen-bond acceptors (Lipinski definition) is 5. The molecule has 1 atom stereocenters. The molecule has 1 aromatic carbocycles. The molecule has 1 aromatic rings. The predicted octanol–water partition coefficient (Wildman–Crippen LogP) is 2.71. The van der Waals surface area contributed by atoms with Crippen LogP contribution in [-0.2, 0) is 14.3 Å². The number of nitrogens with one attached hydrogen (secondary N) is 1. The van der Waals surface area contributed by atoms with E-state index in [1.807, 2.05) is 30.3 Å². The monoisotopic (exact) mass is 330 g/mol. The zero-order chi connectivity index (χ0) is 16.8. The summed E-state index contributed by atoms with van der Waals surface area (Å²) < 4.78 is 5.07. The predicted molar refractivity (Wildman–Crippen MR) is 88.3 cm³/mol. The third-order valence-electron chi connectivity index (χ3n) is 3.26. The summed E-state index contributed by atoms with van der Waals surface area (Å²) in [6.45, 7) is 3.55. The van der Waals surface area contributed by atoms with Crippen molar-refractivity contribution < 1.29 is 14.3 Å². The number of amides is 1. The van der Waals surface area contributed by atoms with E-state index in [1.54, 1.807) is 13.8 Å². The summed E-state index contributed by atoms with van der Waals surface area (Å²) in [7, 11) is 0. The van der Waals surface area contributed by atoms with Crippen LogP contribution in [0.25, 0.3) is 0 Å². The van der Waals surface area contributed by atoms with Gasteiger partial charge in [-0.2, -0.15) is 5.26 Å². The maximum Gasteiger partial charge on any atom is 0.316 e. The summed E-state index contributed by atoms with van der Waals surface area (Å²) in [5.41, 5.74) is 1.40. The van der Waals surface area contributed by atoms with Gasteiger partial charge < -0.3 is 10.1 Å². The highest BCUT2D eigenvalue weighted by molar-refractivity contribution is 8.03. The summed E-state index contributed by atoms with van der Waals surface area (Å²) in [5.74, 6) is -0.748. The van der Waals surface area contributed by atoms with Crippen LogP contribution in [0.5, 0.6) is 0 Å². The highest BCUT2D eigenvalue weighted by Crippen LogP contribution is 2.35. The minimum atomic E-state index is -0.370. The van der Waals surface area contributed by atoms with Crippen molar-refractivity contribution in [1.29, 1.82) is 5.26 Å². The molecular formula is C17H18N2O3S. The lowest BCUT2D eigenvalue weighted by molar-refractivity contribution is -0.144. The van der Waals surface area contributed by atoms with Crippen molar-refractivity contribution in [3.05, 3.63) is 46.5 Å². The average Bonchev–Trinajstić information content (AvgIpc) is 2.52. The van der Waals surface area contributed by atoms with E-state index in [1.165, 1.54) is 0 Å². The number of carbonyl (C=O) groups is 2. The quantitative estimate of drug-likeness (QED) is 0.840. The number of nitriles is 1. The number of allylic oxidation sites excluding steroid dienone is 1. The highest BCUT2D eigenvalue weighted by atomic mass is 32.2. The largest absolute Gasteiger partial charge is 0.462 e. The van der Waals surface area contributed by atoms with Crippen molar-refractivity contribution in [3.8, 4) is 6.07 Å². The van der Waals surface area contributed by atoms with Crippen molar-refractivity contribution >= 4 is 23.6 Å². The van der Waals surface area contributed by atoms with E-state index in [-0.39, 0.29) is 36.1 Å². The number of nitrogens with zero attached hydrogens (tertiary/aromatic N) is 1. The van der Waals surface area contributed by atoms with Crippen molar-refractivity contribution in [1.82, 2.24) is 5.32 Å². The maximum absolute atomic E-state index is 12.0. The molecule has 1 aliphatic heterocycles. The Balaban J connectivity index is 2.21. The minimum absolute atomic E-state index is 0.0560. The van der Waals surface area contributed by atoms with Gasteiger partial charge in [-0.15, -0.1) is 0 Å². The van der Waals surface area contributed by atoms with Gasteiger partial charge in [0, 0.05) is 12.3 Å². The lowest BCUT2D eigenvalue weighted by atomic mass is 9.87.